The molecule has 0 aromatic heterocycles. The summed E-state index contributed by atoms with van der Waals surface area (Å²) in [7, 11) is -12.4. The molecule has 5 N–H and O–H groups in total. The summed E-state index contributed by atoms with van der Waals surface area (Å²) in [5.41, 5.74) is 19.4. The molecule has 10 saturated carbocycles. The van der Waals surface area contributed by atoms with Crippen molar-refractivity contribution in [3.8, 4) is 0 Å². The van der Waals surface area contributed by atoms with Crippen molar-refractivity contribution < 1.29 is 54.3 Å². The quantitative estimate of drug-likeness (QED) is 0.0687. The van der Waals surface area contributed by atoms with Gasteiger partial charge in [0.05, 0.1) is 34.1 Å². The van der Waals surface area contributed by atoms with E-state index in [-0.39, 0.29) is 41.2 Å². The zero-order valence-corrected chi connectivity index (χ0v) is 78.9. The molecule has 19 atom stereocenters. The lowest BCUT2D eigenvalue weighted by molar-refractivity contribution is 0.0964. The molecule has 0 amide bonds. The predicted molar refractivity (Wildman–Crippen MR) is 501 cm³/mol. The Morgan fingerprint density at radius 3 is 1.25 bits per heavy atom. The number of halogens is 1. The maximum absolute atomic E-state index is 13.8. The fourth-order valence-corrected chi connectivity index (χ4v) is 27.6. The highest BCUT2D eigenvalue weighted by atomic mass is 32.2. The topological polar surface area (TPSA) is 224 Å². The molecule has 19 unspecified atom stereocenters. The molecule has 0 heterocycles. The highest BCUT2D eigenvalue weighted by molar-refractivity contribution is 7.94. The van der Waals surface area contributed by atoms with E-state index in [0.717, 1.165) is 152 Å². The Balaban J connectivity index is 0.000000170. The number of aliphatic hydroxyl groups excluding tert-OH is 4. The van der Waals surface area contributed by atoms with Gasteiger partial charge in [0, 0.05) is 40.6 Å². The molecule has 0 saturated heterocycles. The molecule has 0 aliphatic heterocycles. The van der Waals surface area contributed by atoms with E-state index in [2.05, 4.69) is 142 Å². The first-order chi connectivity index (χ1) is 56.9. The second-order valence-corrected chi connectivity index (χ2v) is 48.7. The SMILES string of the molecule is C=C1CCC(O)C/C1=C/C=C1\CCCC2(C)C(C(C)C/C=C(\F)S(C)(=O)=O)=CCC12.C=C1CCC(O)C/C1=C/C=C1\CCCC2(C)C(C(C)CCCS(C)(=O)=O)=CCC12.C=C1CCC(O)C/C1=C/C=C1\CCCC2(C)C1CCC2C(C)C/C=C/S(C)(=O)=O.C=C1CCC(O)C/C1=C/C=C1\CCCC2(C)C1CCC2C(C)CCS(=N)(=O)c1ccccc1. The maximum Gasteiger partial charge on any atom is 0.210 e. The van der Waals surface area contributed by atoms with E-state index in [0.29, 0.717) is 93.3 Å². The Hall–Kier alpha value is -5.37. The number of hydrogen-bond donors (Lipinski definition) is 5. The third-order valence-corrected chi connectivity index (χ3v) is 35.9. The van der Waals surface area contributed by atoms with Crippen molar-refractivity contribution >= 4 is 39.2 Å². The van der Waals surface area contributed by atoms with Gasteiger partial charge in [-0.2, -0.15) is 4.39 Å². The lowest BCUT2D eigenvalue weighted by Crippen LogP contribution is -2.36. The van der Waals surface area contributed by atoms with Gasteiger partial charge in [0.15, 0.2) is 9.84 Å². The lowest BCUT2D eigenvalue weighted by atomic mass is 9.61. The van der Waals surface area contributed by atoms with Gasteiger partial charge in [-0.05, 0) is 346 Å². The van der Waals surface area contributed by atoms with Crippen LogP contribution in [0.3, 0.4) is 0 Å². The first-order valence-electron chi connectivity index (χ1n) is 46.3. The van der Waals surface area contributed by atoms with Gasteiger partial charge in [-0.3, -0.25) is 0 Å². The van der Waals surface area contributed by atoms with Gasteiger partial charge in [-0.1, -0.05) is 222 Å². The van der Waals surface area contributed by atoms with E-state index in [1.165, 1.54) is 151 Å². The first kappa shape index (κ1) is 97.8. The highest BCUT2D eigenvalue weighted by Gasteiger charge is 2.53. The lowest BCUT2D eigenvalue weighted by Gasteiger charge is -2.44. The largest absolute Gasteiger partial charge is 0.393 e. The maximum atomic E-state index is 13.8. The van der Waals surface area contributed by atoms with Gasteiger partial charge in [-0.25, -0.2) is 34.2 Å². The zero-order valence-electron chi connectivity index (χ0n) is 75.6. The van der Waals surface area contributed by atoms with E-state index in [1.54, 1.807) is 16.7 Å². The fourth-order valence-electron chi connectivity index (χ4n) is 24.5. The summed E-state index contributed by atoms with van der Waals surface area (Å²) in [4.78, 5) is 0.665. The Labute approximate surface area is 731 Å². The molecular formula is C104H152FNO11S4. The number of sulfone groups is 3. The second-order valence-electron chi connectivity index (χ2n) is 40.3. The van der Waals surface area contributed by atoms with Crippen LogP contribution < -0.4 is 0 Å². The van der Waals surface area contributed by atoms with Crippen LogP contribution in [-0.4, -0.2) is 105 Å². The van der Waals surface area contributed by atoms with Gasteiger partial charge >= 0.3 is 0 Å². The van der Waals surface area contributed by atoms with Crippen LogP contribution in [0, 0.1) is 85.6 Å². The van der Waals surface area contributed by atoms with Crippen molar-refractivity contribution in [3.05, 3.63) is 218 Å². The third kappa shape index (κ3) is 25.3. The molecule has 121 heavy (non-hydrogen) atoms. The fraction of sp³-hybridized carbons (Fsp3) is 0.635. The molecule has 1 aromatic carbocycles. The van der Waals surface area contributed by atoms with Crippen LogP contribution in [0.2, 0.25) is 0 Å². The number of allylic oxidation sites excluding steroid dienone is 22. The Morgan fingerprint density at radius 2 is 0.860 bits per heavy atom. The summed E-state index contributed by atoms with van der Waals surface area (Å²) >= 11 is 0. The van der Waals surface area contributed by atoms with Crippen LogP contribution in [0.4, 0.5) is 4.39 Å². The van der Waals surface area contributed by atoms with Gasteiger partial charge in [0.25, 0.3) is 0 Å². The summed E-state index contributed by atoms with van der Waals surface area (Å²) in [5, 5.41) is 40.4. The van der Waals surface area contributed by atoms with E-state index in [1.807, 2.05) is 36.4 Å². The van der Waals surface area contributed by atoms with Crippen molar-refractivity contribution in [2.75, 3.05) is 30.3 Å². The van der Waals surface area contributed by atoms with Crippen molar-refractivity contribution in [1.82, 2.24) is 0 Å². The molecule has 0 radical (unpaired) electrons. The second kappa shape index (κ2) is 42.0. The molecule has 13 rings (SSSR count). The minimum atomic E-state index is -3.76. The monoisotopic (exact) mass is 1740 g/mol. The molecule has 12 aliphatic carbocycles. The van der Waals surface area contributed by atoms with E-state index in [9.17, 15) is 54.3 Å². The summed E-state index contributed by atoms with van der Waals surface area (Å²) in [6.45, 7) is 35.4. The Bertz CT molecular complexity index is 4790. The van der Waals surface area contributed by atoms with E-state index < -0.39 is 44.4 Å². The molecule has 1 aromatic rings. The number of hydrogen-bond acceptors (Lipinski definition) is 12. The first-order valence-corrected chi connectivity index (χ1v) is 53.9. The summed E-state index contributed by atoms with van der Waals surface area (Å²) < 4.78 is 104. The van der Waals surface area contributed by atoms with Crippen LogP contribution in [0.5, 0.6) is 0 Å². The minimum Gasteiger partial charge on any atom is -0.393 e. The number of fused-ring (bicyclic) bond motifs is 4. The highest BCUT2D eigenvalue weighted by Crippen LogP contribution is 2.63. The summed E-state index contributed by atoms with van der Waals surface area (Å²) in [5.74, 6) is 5.76. The van der Waals surface area contributed by atoms with Crippen LogP contribution in [0.15, 0.2) is 223 Å². The molecule has 12 aliphatic rings. The summed E-state index contributed by atoms with van der Waals surface area (Å²) in [6, 6.07) is 9.34. The number of nitrogens with one attached hydrogen (secondary N) is 1. The number of benzene rings is 1. The van der Waals surface area contributed by atoms with Gasteiger partial charge in [0.2, 0.25) is 15.0 Å². The van der Waals surface area contributed by atoms with Crippen LogP contribution >= 0.6 is 0 Å². The average molecular weight is 1740 g/mol. The number of rotatable bonds is 22. The Kier molecular flexibility index (Phi) is 34.0. The van der Waals surface area contributed by atoms with Crippen molar-refractivity contribution in [2.45, 2.75) is 309 Å². The molecular weight excluding hydrogens is 1590 g/mol. The van der Waals surface area contributed by atoms with Gasteiger partial charge < -0.3 is 20.4 Å². The zero-order chi connectivity index (χ0) is 88.2. The van der Waals surface area contributed by atoms with Gasteiger partial charge in [0.1, 0.15) is 9.84 Å². The molecule has 0 bridgehead atoms. The van der Waals surface area contributed by atoms with Crippen molar-refractivity contribution in [2.24, 2.45) is 80.8 Å². The Morgan fingerprint density at radius 1 is 0.479 bits per heavy atom. The molecule has 0 spiro atoms. The normalized spacial score (nSPS) is 35.3. The third-order valence-electron chi connectivity index (χ3n) is 31.5. The molecule has 12 nitrogen and oxygen atoms in total. The van der Waals surface area contributed by atoms with Gasteiger partial charge in [-0.15, -0.1) is 0 Å². The van der Waals surface area contributed by atoms with Crippen molar-refractivity contribution in [3.63, 3.8) is 0 Å². The van der Waals surface area contributed by atoms with Crippen LogP contribution in [-0.2, 0) is 39.2 Å². The molecule has 670 valence electrons. The standard InChI is InChI=1S/C29H41NO2S.C25H35FO3S.2C25H38O3S/c1-21-11-14-25(31)20-24(21)13-12-23-8-7-18-29(3)27(15-16-28(23)29)22(2)17-19-33(30,32)26-9-5-4-6-10-26;1-17-7-11-21(27)16-20(17)10-9-19-6-5-15-25(3)22(12-13-23(19)25)18(2)8-14-24(26)30(4,28)29;2*1-18-9-12-22(26)17-21(18)11-10-20-8-5-15-25(3)23(13-14-24(20)25)19(2)7-6-16-29(4,27)28/h4-6,9-10,12-13,22,25,27-28,30-31H,1,7-8,11,14-20H2,2-3H3;9-10,12,14,18,21,23,27H,1,5-8,11,13,15-16H2,2-4H3;10-11,13,19,22,24,26H,1,5-9,12,14-17H2,2-4H3;6,10-11,16,19,22-24,26H,1,5,7-9,12-15,17H2,2-4H3/b23-12+,24-13-;19-9+,20-10-,24-14+;20-10+,21-11-;16-6+,20-10+,21-11-. The smallest absolute Gasteiger partial charge is 0.210 e. The molecule has 10 fully saturated rings. The number of aliphatic hydroxyl groups is 4. The van der Waals surface area contributed by atoms with E-state index in [4.69, 9.17) is 4.78 Å². The summed E-state index contributed by atoms with van der Waals surface area (Å²) in [6.07, 6.45) is 63.3. The van der Waals surface area contributed by atoms with Crippen molar-refractivity contribution in [1.29, 1.82) is 4.78 Å². The van der Waals surface area contributed by atoms with Crippen LogP contribution in [0.25, 0.3) is 0 Å². The van der Waals surface area contributed by atoms with E-state index >= 15 is 0 Å². The molecule has 17 heteroatoms. The predicted octanol–water partition coefficient (Wildman–Crippen LogP) is 24.5. The van der Waals surface area contributed by atoms with Crippen LogP contribution in [0.1, 0.15) is 280 Å². The minimum absolute atomic E-state index is 0.0422. The average Bonchev–Trinajstić information content (AvgIpc) is 1.64.